The van der Waals surface area contributed by atoms with E-state index in [9.17, 15) is 8.42 Å². The highest BCUT2D eigenvalue weighted by molar-refractivity contribution is 7.92. The van der Waals surface area contributed by atoms with Crippen molar-refractivity contribution in [2.75, 3.05) is 43.9 Å². The molecule has 0 amide bonds. The molecule has 232 valence electrons. The molecule has 0 atom stereocenters. The van der Waals surface area contributed by atoms with Gasteiger partial charge in [0.2, 0.25) is 0 Å². The van der Waals surface area contributed by atoms with Gasteiger partial charge in [-0.2, -0.15) is 0 Å². The monoisotopic (exact) mass is 619 g/mol. The Hall–Kier alpha value is -4.68. The van der Waals surface area contributed by atoms with Crippen molar-refractivity contribution in [3.05, 3.63) is 84.7 Å². The van der Waals surface area contributed by atoms with Crippen LogP contribution in [0.2, 0.25) is 0 Å². The smallest absolute Gasteiger partial charge is 0.290 e. The van der Waals surface area contributed by atoms with Crippen LogP contribution in [-0.4, -0.2) is 68.7 Å². The normalized spacial score (nSPS) is 13.7. The zero-order valence-corrected chi connectivity index (χ0v) is 25.8. The second-order valence-corrected chi connectivity index (χ2v) is 12.1. The maximum absolute atomic E-state index is 12.7. The molecule has 1 aromatic heterocycles. The van der Waals surface area contributed by atoms with Crippen molar-refractivity contribution >= 4 is 33.7 Å². The van der Waals surface area contributed by atoms with E-state index in [1.54, 1.807) is 36.4 Å². The molecular weight excluding hydrogens is 582 g/mol. The van der Waals surface area contributed by atoms with E-state index in [0.29, 0.717) is 23.2 Å². The van der Waals surface area contributed by atoms with Gasteiger partial charge in [0.05, 0.1) is 24.3 Å². The molecule has 2 heterocycles. The number of hydrogen-bond acceptors (Lipinski definition) is 9. The molecular formula is C32H37N5O6S. The molecule has 12 heteroatoms. The Morgan fingerprint density at radius 1 is 0.977 bits per heavy atom. The van der Waals surface area contributed by atoms with Crippen LogP contribution in [0.5, 0.6) is 11.5 Å². The predicted molar refractivity (Wildman–Crippen MR) is 170 cm³/mol. The number of aromatic nitrogens is 2. The SMILES string of the molecule is COc1ccc(S(=O)(=O)Nc2ccc(Nc3cc(-c4ccc(OCC5CCN(C)CC5)c(C)c4)ncn3)cc2)cc1.O=CO. The summed E-state index contributed by atoms with van der Waals surface area (Å²) in [7, 11) is -0.0200. The van der Waals surface area contributed by atoms with Gasteiger partial charge in [-0.3, -0.25) is 9.52 Å². The quantitative estimate of drug-likeness (QED) is 0.197. The number of rotatable bonds is 10. The van der Waals surface area contributed by atoms with Crippen molar-refractivity contribution in [3.63, 3.8) is 0 Å². The van der Waals surface area contributed by atoms with Crippen molar-refractivity contribution in [2.45, 2.75) is 24.7 Å². The van der Waals surface area contributed by atoms with Crippen LogP contribution in [0.15, 0.2) is 84.0 Å². The Labute approximate surface area is 257 Å². The first-order valence-corrected chi connectivity index (χ1v) is 15.5. The van der Waals surface area contributed by atoms with Crippen LogP contribution >= 0.6 is 0 Å². The second-order valence-electron chi connectivity index (χ2n) is 10.4. The summed E-state index contributed by atoms with van der Waals surface area (Å²) < 4.78 is 39.3. The molecule has 0 bridgehead atoms. The zero-order valence-electron chi connectivity index (χ0n) is 24.9. The second kappa shape index (κ2) is 15.2. The fourth-order valence-electron chi connectivity index (χ4n) is 4.73. The van der Waals surface area contributed by atoms with Gasteiger partial charge < -0.3 is 24.8 Å². The minimum absolute atomic E-state index is 0.154. The van der Waals surface area contributed by atoms with Crippen LogP contribution in [0.4, 0.5) is 17.2 Å². The molecule has 1 fully saturated rings. The Bertz CT molecular complexity index is 1620. The van der Waals surface area contributed by atoms with Crippen LogP contribution in [0.1, 0.15) is 18.4 Å². The highest BCUT2D eigenvalue weighted by Gasteiger charge is 2.18. The standard InChI is InChI=1S/C31H35N5O4S.CH2O2/c1-22-18-24(4-13-30(22)40-20-23-14-16-36(2)17-15-23)29-19-31(33-21-32-29)34-25-5-7-26(8-6-25)35-41(37,38)28-11-9-27(39-3)10-12-28;2-1-3/h4-13,18-19,21,23,35H,14-17,20H2,1-3H3,(H,32,33,34);1H,(H,2,3). The van der Waals surface area contributed by atoms with Crippen molar-refractivity contribution in [1.29, 1.82) is 0 Å². The number of benzene rings is 3. The van der Waals surface area contributed by atoms with E-state index in [4.69, 9.17) is 19.4 Å². The van der Waals surface area contributed by atoms with Gasteiger partial charge in [-0.1, -0.05) is 0 Å². The molecule has 0 aliphatic carbocycles. The number of likely N-dealkylation sites (tertiary alicyclic amines) is 1. The van der Waals surface area contributed by atoms with E-state index in [1.807, 2.05) is 18.2 Å². The number of sulfonamides is 1. The number of piperidine rings is 1. The van der Waals surface area contributed by atoms with Gasteiger partial charge in [-0.25, -0.2) is 18.4 Å². The van der Waals surface area contributed by atoms with Gasteiger partial charge in [0, 0.05) is 23.0 Å². The molecule has 11 nitrogen and oxygen atoms in total. The maximum atomic E-state index is 12.7. The first-order chi connectivity index (χ1) is 21.2. The summed E-state index contributed by atoms with van der Waals surface area (Å²) in [5.41, 5.74) is 4.04. The molecule has 4 aromatic rings. The summed E-state index contributed by atoms with van der Waals surface area (Å²) >= 11 is 0. The van der Waals surface area contributed by atoms with Gasteiger partial charge in [0.1, 0.15) is 23.6 Å². The third kappa shape index (κ3) is 8.91. The average Bonchev–Trinajstić information content (AvgIpc) is 3.02. The van der Waals surface area contributed by atoms with E-state index < -0.39 is 10.0 Å². The van der Waals surface area contributed by atoms with E-state index in [-0.39, 0.29) is 11.4 Å². The topological polar surface area (TPSA) is 143 Å². The van der Waals surface area contributed by atoms with E-state index in [2.05, 4.69) is 44.9 Å². The first-order valence-electron chi connectivity index (χ1n) is 14.1. The molecule has 5 rings (SSSR count). The fraction of sp³-hybridized carbons (Fsp3) is 0.281. The average molecular weight is 620 g/mol. The molecule has 0 spiro atoms. The summed E-state index contributed by atoms with van der Waals surface area (Å²) in [6.45, 7) is 4.81. The molecule has 3 aromatic carbocycles. The largest absolute Gasteiger partial charge is 0.497 e. The number of anilines is 3. The number of methoxy groups -OCH3 is 1. The van der Waals surface area contributed by atoms with Crippen LogP contribution in [0.25, 0.3) is 11.3 Å². The van der Waals surface area contributed by atoms with E-state index >= 15 is 0 Å². The summed E-state index contributed by atoms with van der Waals surface area (Å²) in [5.74, 6) is 2.72. The lowest BCUT2D eigenvalue weighted by Gasteiger charge is -2.28. The summed E-state index contributed by atoms with van der Waals surface area (Å²) in [6, 6.07) is 21.2. The number of aryl methyl sites for hydroxylation is 1. The molecule has 1 aliphatic heterocycles. The molecule has 0 unspecified atom stereocenters. The van der Waals surface area contributed by atoms with Crippen molar-refractivity contribution in [2.24, 2.45) is 5.92 Å². The number of hydrogen-bond donors (Lipinski definition) is 3. The Balaban J connectivity index is 0.00000141. The fourth-order valence-corrected chi connectivity index (χ4v) is 5.79. The highest BCUT2D eigenvalue weighted by Crippen LogP contribution is 2.28. The summed E-state index contributed by atoms with van der Waals surface area (Å²) in [4.78, 5) is 19.7. The van der Waals surface area contributed by atoms with Crippen LogP contribution in [0.3, 0.4) is 0 Å². The third-order valence-electron chi connectivity index (χ3n) is 7.23. The van der Waals surface area contributed by atoms with E-state index in [1.165, 1.54) is 38.4 Å². The predicted octanol–water partition coefficient (Wildman–Crippen LogP) is 5.43. The maximum Gasteiger partial charge on any atom is 0.290 e. The van der Waals surface area contributed by atoms with Crippen molar-refractivity contribution < 1.29 is 27.8 Å². The highest BCUT2D eigenvalue weighted by atomic mass is 32.2. The zero-order chi connectivity index (χ0) is 31.5. The molecule has 1 aliphatic rings. The lowest BCUT2D eigenvalue weighted by atomic mass is 9.98. The van der Waals surface area contributed by atoms with Gasteiger partial charge in [-0.05, 0) is 118 Å². The minimum atomic E-state index is -3.72. The molecule has 1 saturated heterocycles. The number of nitrogens with one attached hydrogen (secondary N) is 2. The van der Waals surface area contributed by atoms with Crippen LogP contribution in [0, 0.1) is 12.8 Å². The minimum Gasteiger partial charge on any atom is -0.497 e. The number of carbonyl (C=O) groups is 1. The third-order valence-corrected chi connectivity index (χ3v) is 8.63. The van der Waals surface area contributed by atoms with Crippen molar-refractivity contribution in [1.82, 2.24) is 14.9 Å². The molecule has 44 heavy (non-hydrogen) atoms. The number of nitrogens with zero attached hydrogens (tertiary/aromatic N) is 3. The molecule has 0 saturated carbocycles. The Kier molecular flexibility index (Phi) is 11.1. The summed E-state index contributed by atoms with van der Waals surface area (Å²) in [6.07, 6.45) is 3.87. The van der Waals surface area contributed by atoms with Crippen LogP contribution in [-0.2, 0) is 14.8 Å². The summed E-state index contributed by atoms with van der Waals surface area (Å²) in [5, 5.41) is 10.2. The van der Waals surface area contributed by atoms with Gasteiger partial charge in [0.25, 0.3) is 16.5 Å². The van der Waals surface area contributed by atoms with Gasteiger partial charge in [-0.15, -0.1) is 0 Å². The van der Waals surface area contributed by atoms with E-state index in [0.717, 1.165) is 48.0 Å². The first kappa shape index (κ1) is 32.2. The Morgan fingerprint density at radius 3 is 2.27 bits per heavy atom. The van der Waals surface area contributed by atoms with Crippen molar-refractivity contribution in [3.8, 4) is 22.8 Å². The lowest BCUT2D eigenvalue weighted by molar-refractivity contribution is -0.122. The lowest BCUT2D eigenvalue weighted by Crippen LogP contribution is -2.32. The number of ether oxygens (including phenoxy) is 2. The molecule has 3 N–H and O–H groups in total. The number of carboxylic acid groups (broad SMARTS) is 1. The van der Waals surface area contributed by atoms with Gasteiger partial charge >= 0.3 is 0 Å². The molecule has 0 radical (unpaired) electrons. The van der Waals surface area contributed by atoms with Gasteiger partial charge in [0.15, 0.2) is 0 Å². The van der Waals surface area contributed by atoms with Crippen LogP contribution < -0.4 is 19.5 Å². The Morgan fingerprint density at radius 2 is 1.64 bits per heavy atom.